The molecule has 0 spiro atoms. The molecule has 1 fully saturated rings. The van der Waals surface area contributed by atoms with Crippen molar-refractivity contribution in [2.24, 2.45) is 0 Å². The van der Waals surface area contributed by atoms with E-state index in [4.69, 9.17) is 0 Å². The van der Waals surface area contributed by atoms with E-state index < -0.39 is 0 Å². The van der Waals surface area contributed by atoms with Crippen molar-refractivity contribution in [3.8, 4) is 0 Å². The third-order valence-corrected chi connectivity index (χ3v) is 3.84. The van der Waals surface area contributed by atoms with Gasteiger partial charge in [0.2, 0.25) is 0 Å². The molecule has 5 heteroatoms. The Morgan fingerprint density at radius 2 is 1.89 bits per heavy atom. The van der Waals surface area contributed by atoms with Crippen LogP contribution in [0, 0.1) is 10.1 Å². The molecule has 1 saturated heterocycles. The molecule has 2 rings (SSSR count). The van der Waals surface area contributed by atoms with E-state index in [0.29, 0.717) is 0 Å². The molecule has 5 nitrogen and oxygen atoms in total. The number of piperidine rings is 1. The Balaban J connectivity index is 0.00000180. The molecular weight excluding hydrogens is 242 g/mol. The van der Waals surface area contributed by atoms with Gasteiger partial charge < -0.3 is 6.15 Å². The molecule has 0 radical (unpaired) electrons. The van der Waals surface area contributed by atoms with Gasteiger partial charge in [0.05, 0.1) is 4.92 Å². The lowest BCUT2D eigenvalue weighted by atomic mass is 9.90. The van der Waals surface area contributed by atoms with Crippen molar-refractivity contribution in [3.63, 3.8) is 0 Å². The summed E-state index contributed by atoms with van der Waals surface area (Å²) in [7, 11) is 0. The van der Waals surface area contributed by atoms with Crippen LogP contribution in [0.3, 0.4) is 0 Å². The molecule has 1 aromatic rings. The summed E-state index contributed by atoms with van der Waals surface area (Å²) in [4.78, 5) is 12.7. The van der Waals surface area contributed by atoms with Crippen LogP contribution < -0.4 is 6.15 Å². The second-order valence-corrected chi connectivity index (χ2v) is 5.61. The summed E-state index contributed by atoms with van der Waals surface area (Å²) >= 11 is 0. The Bertz CT molecular complexity index is 429. The molecule has 0 unspecified atom stereocenters. The average molecular weight is 265 g/mol. The zero-order valence-electron chi connectivity index (χ0n) is 11.8. The van der Waals surface area contributed by atoms with E-state index in [1.54, 1.807) is 12.1 Å². The summed E-state index contributed by atoms with van der Waals surface area (Å²) in [6.45, 7) is 6.55. The molecule has 19 heavy (non-hydrogen) atoms. The standard InChI is InChI=1S/C14H20N2O2.H3N/c1-14(2)9-3-4-10-15(14)11-12-5-7-13(8-6-12)16(17)18;/h5-8H,3-4,9-11H2,1-2H3;1H3. The topological polar surface area (TPSA) is 81.4 Å². The quantitative estimate of drug-likeness (QED) is 0.669. The van der Waals surface area contributed by atoms with E-state index in [9.17, 15) is 10.1 Å². The van der Waals surface area contributed by atoms with Crippen LogP contribution in [0.15, 0.2) is 24.3 Å². The largest absolute Gasteiger partial charge is 0.344 e. The first-order valence-corrected chi connectivity index (χ1v) is 6.47. The molecular formula is C14H23N3O2. The highest BCUT2D eigenvalue weighted by Crippen LogP contribution is 2.29. The van der Waals surface area contributed by atoms with Gasteiger partial charge in [-0.25, -0.2) is 0 Å². The molecule has 0 aromatic heterocycles. The summed E-state index contributed by atoms with van der Waals surface area (Å²) in [5.74, 6) is 0. The van der Waals surface area contributed by atoms with Gasteiger partial charge in [-0.15, -0.1) is 0 Å². The maximum Gasteiger partial charge on any atom is 0.269 e. The minimum absolute atomic E-state index is 0. The third-order valence-electron chi connectivity index (χ3n) is 3.84. The van der Waals surface area contributed by atoms with E-state index >= 15 is 0 Å². The van der Waals surface area contributed by atoms with Crippen molar-refractivity contribution in [1.82, 2.24) is 11.1 Å². The normalized spacial score (nSPS) is 18.6. The third kappa shape index (κ3) is 3.75. The second kappa shape index (κ2) is 6.12. The zero-order valence-corrected chi connectivity index (χ0v) is 11.8. The Labute approximate surface area is 114 Å². The Morgan fingerprint density at radius 1 is 1.26 bits per heavy atom. The van der Waals surface area contributed by atoms with Crippen LogP contribution in [0.4, 0.5) is 5.69 Å². The van der Waals surface area contributed by atoms with Crippen molar-refractivity contribution in [1.29, 1.82) is 0 Å². The van der Waals surface area contributed by atoms with Crippen molar-refractivity contribution in [2.45, 2.75) is 45.2 Å². The number of hydrogen-bond acceptors (Lipinski definition) is 4. The van der Waals surface area contributed by atoms with Gasteiger partial charge in [-0.2, -0.15) is 0 Å². The second-order valence-electron chi connectivity index (χ2n) is 5.61. The molecule has 0 amide bonds. The number of nitrogens with zero attached hydrogens (tertiary/aromatic N) is 2. The fraction of sp³-hybridized carbons (Fsp3) is 0.571. The lowest BCUT2D eigenvalue weighted by molar-refractivity contribution is -0.384. The summed E-state index contributed by atoms with van der Waals surface area (Å²) < 4.78 is 0. The first-order valence-electron chi connectivity index (χ1n) is 6.47. The summed E-state index contributed by atoms with van der Waals surface area (Å²) in [5.41, 5.74) is 1.55. The summed E-state index contributed by atoms with van der Waals surface area (Å²) in [6.07, 6.45) is 3.76. The maximum atomic E-state index is 10.6. The van der Waals surface area contributed by atoms with Crippen LogP contribution in [0.5, 0.6) is 0 Å². The van der Waals surface area contributed by atoms with Gasteiger partial charge >= 0.3 is 0 Å². The van der Waals surface area contributed by atoms with Crippen LogP contribution in [-0.2, 0) is 6.54 Å². The predicted molar refractivity (Wildman–Crippen MR) is 76.5 cm³/mol. The summed E-state index contributed by atoms with van der Waals surface area (Å²) in [5, 5.41) is 10.6. The van der Waals surface area contributed by atoms with E-state index in [0.717, 1.165) is 18.7 Å². The minimum atomic E-state index is -0.353. The zero-order chi connectivity index (χ0) is 13.2. The van der Waals surface area contributed by atoms with Gasteiger partial charge in [0, 0.05) is 24.2 Å². The molecule has 3 N–H and O–H groups in total. The van der Waals surface area contributed by atoms with Gasteiger partial charge in [0.25, 0.3) is 5.69 Å². The number of benzene rings is 1. The van der Waals surface area contributed by atoms with Gasteiger partial charge in [-0.05, 0) is 38.8 Å². The van der Waals surface area contributed by atoms with Crippen LogP contribution in [0.2, 0.25) is 0 Å². The number of likely N-dealkylation sites (tertiary alicyclic amines) is 1. The molecule has 1 aliphatic heterocycles. The molecule has 0 saturated carbocycles. The number of rotatable bonds is 3. The molecule has 1 heterocycles. The monoisotopic (exact) mass is 265 g/mol. The van der Waals surface area contributed by atoms with Crippen molar-refractivity contribution in [3.05, 3.63) is 39.9 Å². The molecule has 106 valence electrons. The van der Waals surface area contributed by atoms with Crippen LogP contribution in [-0.4, -0.2) is 21.9 Å². The Kier molecular flexibility index (Phi) is 5.03. The van der Waals surface area contributed by atoms with Crippen molar-refractivity contribution >= 4 is 5.69 Å². The summed E-state index contributed by atoms with van der Waals surface area (Å²) in [6, 6.07) is 6.91. The molecule has 0 bridgehead atoms. The molecule has 0 aliphatic carbocycles. The number of hydrogen-bond donors (Lipinski definition) is 1. The van der Waals surface area contributed by atoms with Crippen LogP contribution in [0.25, 0.3) is 0 Å². The van der Waals surface area contributed by atoms with Crippen molar-refractivity contribution in [2.75, 3.05) is 6.54 Å². The molecule has 1 aliphatic rings. The minimum Gasteiger partial charge on any atom is -0.344 e. The number of non-ortho nitro benzene ring substituents is 1. The lowest BCUT2D eigenvalue weighted by Crippen LogP contribution is -2.46. The predicted octanol–water partition coefficient (Wildman–Crippen LogP) is 3.52. The van der Waals surface area contributed by atoms with Crippen LogP contribution in [0.1, 0.15) is 38.7 Å². The van der Waals surface area contributed by atoms with Crippen LogP contribution >= 0.6 is 0 Å². The number of nitro groups is 1. The van der Waals surface area contributed by atoms with E-state index in [-0.39, 0.29) is 22.3 Å². The van der Waals surface area contributed by atoms with E-state index in [1.165, 1.54) is 19.3 Å². The Hall–Kier alpha value is -1.46. The maximum absolute atomic E-state index is 10.6. The van der Waals surface area contributed by atoms with E-state index in [2.05, 4.69) is 18.7 Å². The first kappa shape index (κ1) is 15.6. The van der Waals surface area contributed by atoms with Gasteiger partial charge in [0.15, 0.2) is 0 Å². The smallest absolute Gasteiger partial charge is 0.269 e. The lowest BCUT2D eigenvalue weighted by Gasteiger charge is -2.42. The first-order chi connectivity index (χ1) is 8.49. The SMILES string of the molecule is CC1(C)CCCCN1Cc1ccc([N+](=O)[O-])cc1.N. The van der Waals surface area contributed by atoms with Gasteiger partial charge in [-0.3, -0.25) is 15.0 Å². The molecule has 1 aromatic carbocycles. The highest BCUT2D eigenvalue weighted by atomic mass is 16.6. The number of nitro benzene ring substituents is 1. The van der Waals surface area contributed by atoms with Gasteiger partial charge in [-0.1, -0.05) is 18.6 Å². The van der Waals surface area contributed by atoms with Gasteiger partial charge in [0.1, 0.15) is 0 Å². The average Bonchev–Trinajstić information content (AvgIpc) is 2.32. The van der Waals surface area contributed by atoms with E-state index in [1.807, 2.05) is 12.1 Å². The highest BCUT2D eigenvalue weighted by molar-refractivity contribution is 5.32. The van der Waals surface area contributed by atoms with Crippen molar-refractivity contribution < 1.29 is 4.92 Å². The highest BCUT2D eigenvalue weighted by Gasteiger charge is 2.29. The fourth-order valence-corrected chi connectivity index (χ4v) is 2.56. The molecule has 0 atom stereocenters. The fourth-order valence-electron chi connectivity index (χ4n) is 2.56. The Morgan fingerprint density at radius 3 is 2.42 bits per heavy atom.